The van der Waals surface area contributed by atoms with Gasteiger partial charge in [-0.1, -0.05) is 18.2 Å². The summed E-state index contributed by atoms with van der Waals surface area (Å²) in [5.41, 5.74) is 0.453. The van der Waals surface area contributed by atoms with Crippen LogP contribution in [0.15, 0.2) is 53.0 Å². The lowest BCUT2D eigenvalue weighted by Crippen LogP contribution is -2.43. The Balaban J connectivity index is 1.59. The molecule has 140 valence electrons. The van der Waals surface area contributed by atoms with E-state index >= 15 is 0 Å². The van der Waals surface area contributed by atoms with Crippen molar-refractivity contribution in [2.75, 3.05) is 18.4 Å². The maximum absolute atomic E-state index is 13.2. The van der Waals surface area contributed by atoms with Crippen LogP contribution in [0.2, 0.25) is 0 Å². The van der Waals surface area contributed by atoms with E-state index < -0.39 is 15.9 Å². The molecule has 0 aliphatic carbocycles. The number of para-hydroxylation sites is 1. The number of nitrogens with zero attached hydrogens (tertiary/aromatic N) is 3. The molecular weight excluding hydrogens is 384 g/mol. The molecule has 1 N–H and O–H groups in total. The number of sulfonamides is 1. The van der Waals surface area contributed by atoms with Crippen molar-refractivity contribution in [3.63, 3.8) is 0 Å². The van der Waals surface area contributed by atoms with Crippen LogP contribution in [0.5, 0.6) is 0 Å². The van der Waals surface area contributed by atoms with Gasteiger partial charge in [-0.05, 0) is 25.0 Å². The first kappa shape index (κ1) is 18.0. The Labute approximate surface area is 161 Å². The van der Waals surface area contributed by atoms with Crippen molar-refractivity contribution >= 4 is 43.3 Å². The third kappa shape index (κ3) is 3.58. The third-order valence-corrected chi connectivity index (χ3v) is 7.22. The summed E-state index contributed by atoms with van der Waals surface area (Å²) in [7, 11) is -3.74. The lowest BCUT2D eigenvalue weighted by atomic mass is 9.99. The number of fused-ring (bicyclic) bond motifs is 1. The van der Waals surface area contributed by atoms with Gasteiger partial charge < -0.3 is 5.32 Å². The highest BCUT2D eigenvalue weighted by Gasteiger charge is 2.34. The van der Waals surface area contributed by atoms with E-state index in [1.54, 1.807) is 36.0 Å². The van der Waals surface area contributed by atoms with E-state index in [9.17, 15) is 13.2 Å². The summed E-state index contributed by atoms with van der Waals surface area (Å²) in [5, 5.41) is 5.84. The van der Waals surface area contributed by atoms with E-state index in [0.717, 1.165) is 5.39 Å². The molecule has 0 spiro atoms. The molecule has 1 aromatic carbocycles. The van der Waals surface area contributed by atoms with E-state index in [1.165, 1.54) is 15.6 Å². The van der Waals surface area contributed by atoms with E-state index in [1.807, 2.05) is 12.1 Å². The highest BCUT2D eigenvalue weighted by atomic mass is 32.2. The Kier molecular flexibility index (Phi) is 4.90. The van der Waals surface area contributed by atoms with Crippen molar-refractivity contribution in [3.05, 3.63) is 48.1 Å². The molecule has 4 rings (SSSR count). The van der Waals surface area contributed by atoms with Crippen LogP contribution in [-0.2, 0) is 14.8 Å². The first-order valence-corrected chi connectivity index (χ1v) is 10.9. The number of pyridine rings is 1. The van der Waals surface area contributed by atoms with Crippen LogP contribution in [0, 0.1) is 5.92 Å². The summed E-state index contributed by atoms with van der Waals surface area (Å²) in [6, 6.07) is 8.74. The van der Waals surface area contributed by atoms with Gasteiger partial charge in [0, 0.05) is 36.2 Å². The van der Waals surface area contributed by atoms with Crippen LogP contribution in [0.4, 0.5) is 5.13 Å². The minimum Gasteiger partial charge on any atom is -0.302 e. The number of benzene rings is 1. The van der Waals surface area contributed by atoms with Gasteiger partial charge in [-0.2, -0.15) is 4.31 Å². The number of anilines is 1. The van der Waals surface area contributed by atoms with Crippen molar-refractivity contribution in [2.45, 2.75) is 17.7 Å². The maximum atomic E-state index is 13.2. The summed E-state index contributed by atoms with van der Waals surface area (Å²) >= 11 is 1.34. The van der Waals surface area contributed by atoms with Gasteiger partial charge in [-0.25, -0.2) is 13.4 Å². The predicted molar refractivity (Wildman–Crippen MR) is 104 cm³/mol. The average Bonchev–Trinajstić information content (AvgIpc) is 3.20. The average molecular weight is 403 g/mol. The molecule has 0 radical (unpaired) electrons. The van der Waals surface area contributed by atoms with Gasteiger partial charge in [0.25, 0.3) is 0 Å². The fourth-order valence-electron chi connectivity index (χ4n) is 3.29. The number of rotatable bonds is 4. The van der Waals surface area contributed by atoms with Gasteiger partial charge in [0.15, 0.2) is 5.13 Å². The lowest BCUT2D eigenvalue weighted by Gasteiger charge is -2.31. The van der Waals surface area contributed by atoms with Crippen molar-refractivity contribution in [1.29, 1.82) is 0 Å². The number of nitrogens with one attached hydrogen (secondary N) is 1. The summed E-state index contributed by atoms with van der Waals surface area (Å²) in [5.74, 6) is -0.596. The summed E-state index contributed by atoms with van der Waals surface area (Å²) in [4.78, 5) is 21.0. The van der Waals surface area contributed by atoms with E-state index in [0.29, 0.717) is 30.0 Å². The monoisotopic (exact) mass is 402 g/mol. The van der Waals surface area contributed by atoms with Crippen LogP contribution < -0.4 is 5.32 Å². The number of aromatic nitrogens is 2. The molecule has 1 aliphatic rings. The Morgan fingerprint density at radius 2 is 2.04 bits per heavy atom. The maximum Gasteiger partial charge on any atom is 0.245 e. The highest BCUT2D eigenvalue weighted by Crippen LogP contribution is 2.28. The van der Waals surface area contributed by atoms with E-state index in [2.05, 4.69) is 15.3 Å². The highest BCUT2D eigenvalue weighted by molar-refractivity contribution is 7.89. The Hall–Kier alpha value is -2.36. The number of hydrogen-bond acceptors (Lipinski definition) is 6. The van der Waals surface area contributed by atoms with E-state index in [-0.39, 0.29) is 17.3 Å². The molecule has 3 heterocycles. The molecule has 0 saturated carbocycles. The molecular formula is C18H18N4O3S2. The quantitative estimate of drug-likeness (QED) is 0.724. The largest absolute Gasteiger partial charge is 0.302 e. The minimum atomic E-state index is -3.74. The molecule has 1 fully saturated rings. The standard InChI is InChI=1S/C18H18N4O3S2/c23-17(21-18-20-9-11-26-18)14-6-3-10-22(12-14)27(24,25)15-7-1-4-13-5-2-8-19-16(13)15/h1-2,4-5,7-9,11,14H,3,6,10,12H2,(H,20,21,23)/t14-/m1/s1. The number of amides is 1. The first-order valence-electron chi connectivity index (χ1n) is 8.60. The molecule has 2 aromatic heterocycles. The van der Waals surface area contributed by atoms with Crippen molar-refractivity contribution in [1.82, 2.24) is 14.3 Å². The van der Waals surface area contributed by atoms with Crippen molar-refractivity contribution < 1.29 is 13.2 Å². The second kappa shape index (κ2) is 7.34. The van der Waals surface area contributed by atoms with Crippen LogP contribution in [0.1, 0.15) is 12.8 Å². The smallest absolute Gasteiger partial charge is 0.245 e. The van der Waals surface area contributed by atoms with Crippen LogP contribution in [0.3, 0.4) is 0 Å². The fraction of sp³-hybridized carbons (Fsp3) is 0.278. The van der Waals surface area contributed by atoms with Gasteiger partial charge in [-0.15, -0.1) is 11.3 Å². The summed E-state index contributed by atoms with van der Waals surface area (Å²) in [6.07, 6.45) is 4.48. The Morgan fingerprint density at radius 1 is 1.19 bits per heavy atom. The molecule has 1 amide bonds. The summed E-state index contributed by atoms with van der Waals surface area (Å²) < 4.78 is 27.9. The Bertz CT molecular complexity index is 1060. The number of thiazole rings is 1. The number of carbonyl (C=O) groups excluding carboxylic acids is 1. The molecule has 27 heavy (non-hydrogen) atoms. The normalized spacial score (nSPS) is 18.4. The second-order valence-electron chi connectivity index (χ2n) is 6.36. The topological polar surface area (TPSA) is 92.3 Å². The van der Waals surface area contributed by atoms with Crippen molar-refractivity contribution in [3.8, 4) is 0 Å². The minimum absolute atomic E-state index is 0.156. The fourth-order valence-corrected chi connectivity index (χ4v) is 5.51. The zero-order valence-corrected chi connectivity index (χ0v) is 16.0. The number of carbonyl (C=O) groups is 1. The SMILES string of the molecule is O=C(Nc1nccs1)[C@@H]1CCCN(S(=O)(=O)c2cccc3cccnc23)C1. The zero-order chi connectivity index (χ0) is 18.9. The molecule has 9 heteroatoms. The Morgan fingerprint density at radius 3 is 2.85 bits per heavy atom. The lowest BCUT2D eigenvalue weighted by molar-refractivity contribution is -0.120. The molecule has 1 aliphatic heterocycles. The molecule has 7 nitrogen and oxygen atoms in total. The second-order valence-corrected chi connectivity index (χ2v) is 9.16. The van der Waals surface area contributed by atoms with Gasteiger partial charge in [0.05, 0.1) is 11.4 Å². The van der Waals surface area contributed by atoms with Gasteiger partial charge in [-0.3, -0.25) is 9.78 Å². The zero-order valence-electron chi connectivity index (χ0n) is 14.4. The van der Waals surface area contributed by atoms with Crippen LogP contribution in [-0.4, -0.2) is 41.7 Å². The molecule has 1 atom stereocenters. The van der Waals surface area contributed by atoms with Gasteiger partial charge >= 0.3 is 0 Å². The van der Waals surface area contributed by atoms with E-state index in [4.69, 9.17) is 0 Å². The first-order chi connectivity index (χ1) is 13.1. The molecule has 0 bridgehead atoms. The van der Waals surface area contributed by atoms with Crippen LogP contribution >= 0.6 is 11.3 Å². The third-order valence-electron chi connectivity index (χ3n) is 4.63. The van der Waals surface area contributed by atoms with Crippen molar-refractivity contribution in [2.24, 2.45) is 5.92 Å². The predicted octanol–water partition coefficient (Wildman–Crippen LogP) is 2.73. The number of piperidine rings is 1. The summed E-state index contributed by atoms with van der Waals surface area (Å²) in [6.45, 7) is 0.551. The van der Waals surface area contributed by atoms with Gasteiger partial charge in [0.1, 0.15) is 4.90 Å². The number of hydrogen-bond donors (Lipinski definition) is 1. The molecule has 1 saturated heterocycles. The molecule has 3 aromatic rings. The van der Waals surface area contributed by atoms with Gasteiger partial charge in [0.2, 0.25) is 15.9 Å². The van der Waals surface area contributed by atoms with Crippen LogP contribution in [0.25, 0.3) is 10.9 Å². The molecule has 0 unspecified atom stereocenters.